The van der Waals surface area contributed by atoms with Crippen LogP contribution < -0.4 is 11.1 Å². The molecule has 0 aliphatic heterocycles. The van der Waals surface area contributed by atoms with Gasteiger partial charge in [0.1, 0.15) is 0 Å². The lowest BCUT2D eigenvalue weighted by molar-refractivity contribution is -0.139. The van der Waals surface area contributed by atoms with Crippen LogP contribution in [0, 0.1) is 0 Å². The van der Waals surface area contributed by atoms with Gasteiger partial charge in [-0.25, -0.2) is 9.42 Å². The third-order valence-corrected chi connectivity index (χ3v) is 2.31. The number of anilines is 1. The molecular weight excluding hydrogens is 256 g/mol. The van der Waals surface area contributed by atoms with Gasteiger partial charge in [-0.05, 0) is 10.3 Å². The SMILES string of the molecule is Cn1cc(C(NC(=O)c2nonc2N)C(=O)O)cn1. The lowest BCUT2D eigenvalue weighted by atomic mass is 10.1. The van der Waals surface area contributed by atoms with Crippen molar-refractivity contribution in [1.29, 1.82) is 0 Å². The number of nitrogens with two attached hydrogens (primary N) is 1. The Morgan fingerprint density at radius 3 is 2.74 bits per heavy atom. The highest BCUT2D eigenvalue weighted by atomic mass is 16.6. The number of aromatic nitrogens is 4. The maximum absolute atomic E-state index is 11.8. The van der Waals surface area contributed by atoms with E-state index in [1.807, 2.05) is 0 Å². The average Bonchev–Trinajstić information content (AvgIpc) is 2.94. The van der Waals surface area contributed by atoms with Crippen LogP contribution in [0.5, 0.6) is 0 Å². The molecule has 10 nitrogen and oxygen atoms in total. The monoisotopic (exact) mass is 266 g/mol. The van der Waals surface area contributed by atoms with Crippen LogP contribution in [0.4, 0.5) is 5.82 Å². The number of rotatable bonds is 4. The quantitative estimate of drug-likeness (QED) is 0.633. The van der Waals surface area contributed by atoms with E-state index in [1.54, 1.807) is 7.05 Å². The van der Waals surface area contributed by atoms with E-state index in [0.29, 0.717) is 5.56 Å². The molecule has 0 saturated carbocycles. The minimum absolute atomic E-state index is 0.215. The Morgan fingerprint density at radius 2 is 2.26 bits per heavy atom. The summed E-state index contributed by atoms with van der Waals surface area (Å²) < 4.78 is 5.69. The molecule has 2 aromatic rings. The Morgan fingerprint density at radius 1 is 1.53 bits per heavy atom. The fourth-order valence-corrected chi connectivity index (χ4v) is 1.43. The number of carbonyl (C=O) groups is 2. The molecule has 0 spiro atoms. The third kappa shape index (κ3) is 2.51. The summed E-state index contributed by atoms with van der Waals surface area (Å²) in [6.45, 7) is 0. The molecule has 0 aliphatic carbocycles. The van der Waals surface area contributed by atoms with E-state index < -0.39 is 17.9 Å². The first-order valence-corrected chi connectivity index (χ1v) is 5.09. The topological polar surface area (TPSA) is 149 Å². The van der Waals surface area contributed by atoms with Gasteiger partial charge in [0.25, 0.3) is 5.91 Å². The van der Waals surface area contributed by atoms with E-state index in [1.165, 1.54) is 17.1 Å². The number of nitrogens with zero attached hydrogens (tertiary/aromatic N) is 4. The lowest BCUT2D eigenvalue weighted by Crippen LogP contribution is -2.34. The molecule has 100 valence electrons. The first-order chi connectivity index (χ1) is 8.99. The highest BCUT2D eigenvalue weighted by molar-refractivity contribution is 5.98. The molecular formula is C9H10N6O4. The van der Waals surface area contributed by atoms with Gasteiger partial charge in [-0.1, -0.05) is 0 Å². The Labute approximate surface area is 106 Å². The van der Waals surface area contributed by atoms with E-state index in [4.69, 9.17) is 10.8 Å². The Bertz CT molecular complexity index is 618. The summed E-state index contributed by atoms with van der Waals surface area (Å²) in [5.41, 5.74) is 5.39. The van der Waals surface area contributed by atoms with Crippen molar-refractivity contribution in [3.8, 4) is 0 Å². The van der Waals surface area contributed by atoms with Crippen LogP contribution in [-0.4, -0.2) is 37.1 Å². The van der Waals surface area contributed by atoms with Crippen molar-refractivity contribution in [2.75, 3.05) is 5.73 Å². The molecule has 1 amide bonds. The minimum Gasteiger partial charge on any atom is -0.479 e. The molecule has 0 bridgehead atoms. The van der Waals surface area contributed by atoms with Gasteiger partial charge in [0.2, 0.25) is 11.5 Å². The first kappa shape index (κ1) is 12.5. The maximum Gasteiger partial charge on any atom is 0.331 e. The molecule has 0 aliphatic rings. The highest BCUT2D eigenvalue weighted by Crippen LogP contribution is 2.14. The van der Waals surface area contributed by atoms with Crippen molar-refractivity contribution in [2.24, 2.45) is 7.05 Å². The molecule has 10 heteroatoms. The summed E-state index contributed by atoms with van der Waals surface area (Å²) in [7, 11) is 1.63. The number of carboxylic acids is 1. The van der Waals surface area contributed by atoms with Crippen molar-refractivity contribution in [1.82, 2.24) is 25.4 Å². The standard InChI is InChI=1S/C9H10N6O4/c1-15-3-4(2-11-15)5(9(17)18)12-8(16)6-7(10)14-19-13-6/h2-3,5H,1H3,(H2,10,14)(H,12,16)(H,17,18). The molecule has 0 fully saturated rings. The summed E-state index contributed by atoms with van der Waals surface area (Å²) >= 11 is 0. The zero-order valence-electron chi connectivity index (χ0n) is 9.77. The second-order valence-electron chi connectivity index (χ2n) is 3.69. The number of aliphatic carboxylic acids is 1. The van der Waals surface area contributed by atoms with Crippen molar-refractivity contribution < 1.29 is 19.3 Å². The van der Waals surface area contributed by atoms with Crippen LogP contribution in [0.25, 0.3) is 0 Å². The molecule has 0 aromatic carbocycles. The van der Waals surface area contributed by atoms with Crippen LogP contribution in [0.1, 0.15) is 22.1 Å². The number of amides is 1. The van der Waals surface area contributed by atoms with Gasteiger partial charge < -0.3 is 16.2 Å². The molecule has 0 saturated heterocycles. The normalized spacial score (nSPS) is 12.1. The van der Waals surface area contributed by atoms with Crippen molar-refractivity contribution >= 4 is 17.7 Å². The number of carboxylic acid groups (broad SMARTS) is 1. The van der Waals surface area contributed by atoms with E-state index in [-0.39, 0.29) is 11.5 Å². The summed E-state index contributed by atoms with van der Waals surface area (Å²) in [4.78, 5) is 22.9. The molecule has 0 radical (unpaired) electrons. The number of hydrogen-bond donors (Lipinski definition) is 3. The van der Waals surface area contributed by atoms with Crippen molar-refractivity contribution in [2.45, 2.75) is 6.04 Å². The van der Waals surface area contributed by atoms with Gasteiger partial charge in [-0.15, -0.1) is 0 Å². The van der Waals surface area contributed by atoms with Gasteiger partial charge in [0, 0.05) is 18.8 Å². The van der Waals surface area contributed by atoms with E-state index in [0.717, 1.165) is 0 Å². The van der Waals surface area contributed by atoms with Gasteiger partial charge in [-0.2, -0.15) is 5.10 Å². The zero-order valence-corrected chi connectivity index (χ0v) is 9.77. The number of nitrogen functional groups attached to an aromatic ring is 1. The molecule has 4 N–H and O–H groups in total. The summed E-state index contributed by atoms with van der Waals surface area (Å²) in [5, 5.41) is 21.7. The number of carbonyl (C=O) groups excluding carboxylic acids is 1. The van der Waals surface area contributed by atoms with Crippen LogP contribution in [0.15, 0.2) is 17.0 Å². The summed E-state index contributed by atoms with van der Waals surface area (Å²) in [5.74, 6) is -2.25. The summed E-state index contributed by atoms with van der Waals surface area (Å²) in [6.07, 6.45) is 2.81. The molecule has 2 aromatic heterocycles. The van der Waals surface area contributed by atoms with E-state index >= 15 is 0 Å². The van der Waals surface area contributed by atoms with Gasteiger partial charge >= 0.3 is 5.97 Å². The number of hydrogen-bond acceptors (Lipinski definition) is 7. The lowest BCUT2D eigenvalue weighted by Gasteiger charge is -2.11. The van der Waals surface area contributed by atoms with Crippen LogP contribution in [-0.2, 0) is 11.8 Å². The minimum atomic E-state index is -1.27. The van der Waals surface area contributed by atoms with Gasteiger partial charge in [0.15, 0.2) is 6.04 Å². The Kier molecular flexibility index (Phi) is 3.14. The first-order valence-electron chi connectivity index (χ1n) is 5.09. The molecule has 1 unspecified atom stereocenters. The Balaban J connectivity index is 2.21. The second-order valence-corrected chi connectivity index (χ2v) is 3.69. The van der Waals surface area contributed by atoms with Crippen LogP contribution in [0.2, 0.25) is 0 Å². The molecule has 19 heavy (non-hydrogen) atoms. The highest BCUT2D eigenvalue weighted by Gasteiger charge is 2.26. The number of aryl methyl sites for hydroxylation is 1. The van der Waals surface area contributed by atoms with Crippen LogP contribution >= 0.6 is 0 Å². The smallest absolute Gasteiger partial charge is 0.331 e. The molecule has 2 rings (SSSR count). The maximum atomic E-state index is 11.8. The fourth-order valence-electron chi connectivity index (χ4n) is 1.43. The van der Waals surface area contributed by atoms with Gasteiger partial charge in [-0.3, -0.25) is 9.48 Å². The van der Waals surface area contributed by atoms with Gasteiger partial charge in [0.05, 0.1) is 6.20 Å². The van der Waals surface area contributed by atoms with Crippen molar-refractivity contribution in [3.63, 3.8) is 0 Å². The molecule has 1 atom stereocenters. The number of nitrogens with one attached hydrogen (secondary N) is 1. The second kappa shape index (κ2) is 4.76. The largest absolute Gasteiger partial charge is 0.479 e. The van der Waals surface area contributed by atoms with Crippen LogP contribution in [0.3, 0.4) is 0 Å². The molecule has 2 heterocycles. The third-order valence-electron chi connectivity index (χ3n) is 2.31. The van der Waals surface area contributed by atoms with E-state index in [2.05, 4.69) is 25.4 Å². The fraction of sp³-hybridized carbons (Fsp3) is 0.222. The Hall–Kier alpha value is -2.91. The van der Waals surface area contributed by atoms with E-state index in [9.17, 15) is 9.59 Å². The predicted octanol–water partition coefficient (Wildman–Crippen LogP) is -1.06. The average molecular weight is 266 g/mol. The summed E-state index contributed by atoms with van der Waals surface area (Å²) in [6, 6.07) is -1.27. The zero-order chi connectivity index (χ0) is 14.0. The van der Waals surface area contributed by atoms with Crippen molar-refractivity contribution in [3.05, 3.63) is 23.7 Å². The predicted molar refractivity (Wildman–Crippen MR) is 59.8 cm³/mol.